The Morgan fingerprint density at radius 1 is 1.10 bits per heavy atom. The van der Waals surface area contributed by atoms with Gasteiger partial charge in [-0.2, -0.15) is 0 Å². The van der Waals surface area contributed by atoms with Crippen molar-refractivity contribution in [1.29, 1.82) is 0 Å². The number of nitrogens with one attached hydrogen (secondary N) is 1. The first-order valence-corrected chi connectivity index (χ1v) is 7.64. The van der Waals surface area contributed by atoms with Gasteiger partial charge in [-0.05, 0) is 49.9 Å². The molecule has 1 unspecified atom stereocenters. The van der Waals surface area contributed by atoms with Gasteiger partial charge in [-0.1, -0.05) is 12.5 Å². The lowest BCUT2D eigenvalue weighted by Gasteiger charge is -2.40. The molecule has 3 nitrogen and oxygen atoms in total. The highest BCUT2D eigenvalue weighted by Crippen LogP contribution is 2.29. The molecule has 0 saturated carbocycles. The summed E-state index contributed by atoms with van der Waals surface area (Å²) in [5.74, 6) is 0.982. The zero-order valence-electron chi connectivity index (χ0n) is 11.6. The number of piperidine rings is 2. The normalized spacial score (nSPS) is 29.3. The summed E-state index contributed by atoms with van der Waals surface area (Å²) in [4.78, 5) is 4.35. The molecule has 3 atom stereocenters. The SMILES string of the molecule is c1cnc2ccc(OC3C[C@H]4CCC[C@@H](C3)N4)cc2c1. The quantitative estimate of drug-likeness (QED) is 0.907. The summed E-state index contributed by atoms with van der Waals surface area (Å²) in [6.07, 6.45) is 8.45. The van der Waals surface area contributed by atoms with Gasteiger partial charge in [-0.3, -0.25) is 4.98 Å². The highest BCUT2D eigenvalue weighted by atomic mass is 16.5. The highest BCUT2D eigenvalue weighted by molar-refractivity contribution is 5.79. The predicted molar refractivity (Wildman–Crippen MR) is 80.0 cm³/mol. The number of benzene rings is 1. The molecular formula is C17H20N2O. The van der Waals surface area contributed by atoms with Crippen LogP contribution in [0.3, 0.4) is 0 Å². The molecule has 0 radical (unpaired) electrons. The summed E-state index contributed by atoms with van der Waals surface area (Å²) in [6, 6.07) is 11.6. The molecule has 2 aliphatic heterocycles. The Bertz CT molecular complexity index is 601. The van der Waals surface area contributed by atoms with Crippen LogP contribution >= 0.6 is 0 Å². The van der Waals surface area contributed by atoms with Crippen LogP contribution in [0.1, 0.15) is 32.1 Å². The first-order valence-electron chi connectivity index (χ1n) is 7.64. The van der Waals surface area contributed by atoms with Crippen molar-refractivity contribution in [3.05, 3.63) is 36.5 Å². The van der Waals surface area contributed by atoms with E-state index in [9.17, 15) is 0 Å². The third-order valence-corrected chi connectivity index (χ3v) is 4.55. The van der Waals surface area contributed by atoms with E-state index in [0.29, 0.717) is 18.2 Å². The van der Waals surface area contributed by atoms with E-state index in [1.54, 1.807) is 0 Å². The van der Waals surface area contributed by atoms with Crippen LogP contribution < -0.4 is 10.1 Å². The van der Waals surface area contributed by atoms with Crippen molar-refractivity contribution < 1.29 is 4.74 Å². The molecule has 4 rings (SSSR count). The van der Waals surface area contributed by atoms with Crippen molar-refractivity contribution in [2.45, 2.75) is 50.3 Å². The van der Waals surface area contributed by atoms with Crippen LogP contribution in [-0.2, 0) is 0 Å². The van der Waals surface area contributed by atoms with Gasteiger partial charge in [-0.25, -0.2) is 0 Å². The minimum atomic E-state index is 0.362. The summed E-state index contributed by atoms with van der Waals surface area (Å²) in [5, 5.41) is 4.86. The van der Waals surface area contributed by atoms with Crippen molar-refractivity contribution in [3.63, 3.8) is 0 Å². The van der Waals surface area contributed by atoms with Crippen LogP contribution in [0, 0.1) is 0 Å². The molecule has 3 heterocycles. The van der Waals surface area contributed by atoms with E-state index < -0.39 is 0 Å². The van der Waals surface area contributed by atoms with E-state index in [1.165, 1.54) is 19.3 Å². The number of aromatic nitrogens is 1. The molecule has 2 fully saturated rings. The molecule has 2 saturated heterocycles. The van der Waals surface area contributed by atoms with Gasteiger partial charge < -0.3 is 10.1 Å². The second-order valence-electron chi connectivity index (χ2n) is 6.06. The molecule has 0 amide bonds. The minimum Gasteiger partial charge on any atom is -0.490 e. The van der Waals surface area contributed by atoms with Crippen LogP contribution in [0.2, 0.25) is 0 Å². The van der Waals surface area contributed by atoms with Crippen molar-refractivity contribution in [2.24, 2.45) is 0 Å². The molecular weight excluding hydrogens is 248 g/mol. The standard InChI is InChI=1S/C17H20N2O/c1-4-13-10-16(11-14(5-1)19-13)20-15-6-7-17-12(9-15)3-2-8-18-17/h2-3,6-9,13-14,16,19H,1,4-5,10-11H2/t13-,14+,16?. The Labute approximate surface area is 119 Å². The average molecular weight is 268 g/mol. The van der Waals surface area contributed by atoms with Crippen LogP contribution in [0.15, 0.2) is 36.5 Å². The first kappa shape index (κ1) is 12.2. The Hall–Kier alpha value is -1.61. The van der Waals surface area contributed by atoms with Gasteiger partial charge in [0, 0.05) is 23.7 Å². The molecule has 2 aliphatic rings. The largest absolute Gasteiger partial charge is 0.490 e. The van der Waals surface area contributed by atoms with E-state index in [2.05, 4.69) is 22.4 Å². The van der Waals surface area contributed by atoms with E-state index in [-0.39, 0.29) is 0 Å². The second-order valence-corrected chi connectivity index (χ2v) is 6.06. The van der Waals surface area contributed by atoms with Gasteiger partial charge in [0.15, 0.2) is 0 Å². The Balaban J connectivity index is 1.52. The summed E-state index contributed by atoms with van der Waals surface area (Å²) in [6.45, 7) is 0. The number of hydrogen-bond donors (Lipinski definition) is 1. The third-order valence-electron chi connectivity index (χ3n) is 4.55. The smallest absolute Gasteiger partial charge is 0.120 e. The van der Waals surface area contributed by atoms with Gasteiger partial charge >= 0.3 is 0 Å². The van der Waals surface area contributed by atoms with Crippen molar-refractivity contribution in [3.8, 4) is 5.75 Å². The summed E-state index contributed by atoms with van der Waals surface area (Å²) < 4.78 is 6.23. The maximum absolute atomic E-state index is 6.23. The third kappa shape index (κ3) is 2.38. The lowest BCUT2D eigenvalue weighted by atomic mass is 9.85. The number of fused-ring (bicyclic) bond motifs is 3. The fourth-order valence-electron chi connectivity index (χ4n) is 3.63. The Morgan fingerprint density at radius 3 is 2.80 bits per heavy atom. The van der Waals surface area contributed by atoms with Gasteiger partial charge in [0.05, 0.1) is 5.52 Å². The van der Waals surface area contributed by atoms with Crippen LogP contribution in [-0.4, -0.2) is 23.2 Å². The van der Waals surface area contributed by atoms with Crippen LogP contribution in [0.25, 0.3) is 10.9 Å². The number of rotatable bonds is 2. The average Bonchev–Trinajstić information content (AvgIpc) is 2.47. The number of ether oxygens (including phenoxy) is 1. The maximum atomic E-state index is 6.23. The van der Waals surface area contributed by atoms with E-state index in [0.717, 1.165) is 29.5 Å². The fourth-order valence-corrected chi connectivity index (χ4v) is 3.63. The monoisotopic (exact) mass is 268 g/mol. The molecule has 2 bridgehead atoms. The zero-order chi connectivity index (χ0) is 13.4. The molecule has 1 aromatic heterocycles. The minimum absolute atomic E-state index is 0.362. The highest BCUT2D eigenvalue weighted by Gasteiger charge is 2.32. The molecule has 1 N–H and O–H groups in total. The maximum Gasteiger partial charge on any atom is 0.120 e. The van der Waals surface area contributed by atoms with E-state index in [1.807, 2.05) is 24.4 Å². The molecule has 2 aromatic rings. The topological polar surface area (TPSA) is 34.1 Å². The number of hydrogen-bond acceptors (Lipinski definition) is 3. The van der Waals surface area contributed by atoms with Crippen molar-refractivity contribution in [2.75, 3.05) is 0 Å². The molecule has 104 valence electrons. The molecule has 0 spiro atoms. The van der Waals surface area contributed by atoms with Gasteiger partial charge in [0.25, 0.3) is 0 Å². The first-order chi connectivity index (χ1) is 9.87. The molecule has 20 heavy (non-hydrogen) atoms. The number of nitrogens with zero attached hydrogens (tertiary/aromatic N) is 1. The summed E-state index contributed by atoms with van der Waals surface area (Å²) in [7, 11) is 0. The lowest BCUT2D eigenvalue weighted by Crippen LogP contribution is -2.51. The molecule has 1 aromatic carbocycles. The van der Waals surface area contributed by atoms with Gasteiger partial charge in [-0.15, -0.1) is 0 Å². The molecule has 0 aliphatic carbocycles. The van der Waals surface area contributed by atoms with E-state index >= 15 is 0 Å². The van der Waals surface area contributed by atoms with Crippen molar-refractivity contribution >= 4 is 10.9 Å². The second kappa shape index (κ2) is 5.06. The fraction of sp³-hybridized carbons (Fsp3) is 0.471. The lowest BCUT2D eigenvalue weighted by molar-refractivity contribution is 0.0928. The molecule has 3 heteroatoms. The van der Waals surface area contributed by atoms with Crippen LogP contribution in [0.4, 0.5) is 0 Å². The van der Waals surface area contributed by atoms with Gasteiger partial charge in [0.2, 0.25) is 0 Å². The van der Waals surface area contributed by atoms with E-state index in [4.69, 9.17) is 4.74 Å². The Kier molecular flexibility index (Phi) is 3.07. The van der Waals surface area contributed by atoms with Gasteiger partial charge in [0.1, 0.15) is 11.9 Å². The van der Waals surface area contributed by atoms with Crippen LogP contribution in [0.5, 0.6) is 5.75 Å². The summed E-state index contributed by atoms with van der Waals surface area (Å²) in [5.41, 5.74) is 1.03. The Morgan fingerprint density at radius 2 is 1.95 bits per heavy atom. The number of pyridine rings is 1. The zero-order valence-corrected chi connectivity index (χ0v) is 11.6. The van der Waals surface area contributed by atoms with Crippen molar-refractivity contribution in [1.82, 2.24) is 10.3 Å². The predicted octanol–water partition coefficient (Wildman–Crippen LogP) is 3.29. The summed E-state index contributed by atoms with van der Waals surface area (Å²) >= 11 is 0.